The van der Waals surface area contributed by atoms with Crippen molar-refractivity contribution in [2.24, 2.45) is 5.73 Å². The summed E-state index contributed by atoms with van der Waals surface area (Å²) in [6.07, 6.45) is 0.0706. The zero-order valence-corrected chi connectivity index (χ0v) is 14.7. The number of pyridine rings is 1. The topological polar surface area (TPSA) is 141 Å². The van der Waals surface area contributed by atoms with Crippen molar-refractivity contribution < 1.29 is 14.7 Å². The molecule has 0 radical (unpaired) electrons. The van der Waals surface area contributed by atoms with Gasteiger partial charge in [-0.25, -0.2) is 4.79 Å². The summed E-state index contributed by atoms with van der Waals surface area (Å²) < 4.78 is 0. The number of anilines is 2. The highest BCUT2D eigenvalue weighted by Gasteiger charge is 2.13. The number of amides is 2. The Bertz CT molecular complexity index is 1000. The first-order chi connectivity index (χ1) is 12.9. The third-order valence-corrected chi connectivity index (χ3v) is 4.54. The number of amidine groups is 1. The van der Waals surface area contributed by atoms with Crippen LogP contribution in [0.25, 0.3) is 10.4 Å². The van der Waals surface area contributed by atoms with Gasteiger partial charge in [0.25, 0.3) is 5.91 Å². The monoisotopic (exact) mass is 381 g/mol. The molecule has 0 aliphatic carbocycles. The molecule has 3 aromatic rings. The van der Waals surface area contributed by atoms with Gasteiger partial charge in [-0.3, -0.25) is 20.5 Å². The van der Waals surface area contributed by atoms with Gasteiger partial charge in [0, 0.05) is 11.1 Å². The number of hydrogen-bond acceptors (Lipinski definition) is 5. The molecule has 1 aromatic carbocycles. The Labute approximate surface area is 158 Å². The Morgan fingerprint density at radius 1 is 1.11 bits per heavy atom. The molecule has 8 nitrogen and oxygen atoms in total. The third kappa shape index (κ3) is 4.28. The first kappa shape index (κ1) is 18.1. The first-order valence-corrected chi connectivity index (χ1v) is 8.61. The lowest BCUT2D eigenvalue weighted by atomic mass is 10.1. The van der Waals surface area contributed by atoms with Gasteiger partial charge in [0.05, 0.1) is 16.9 Å². The molecule has 0 aliphatic heterocycles. The van der Waals surface area contributed by atoms with E-state index in [9.17, 15) is 9.59 Å². The maximum atomic E-state index is 12.5. The second-order valence-electron chi connectivity index (χ2n) is 5.47. The normalized spacial score (nSPS) is 10.2. The Balaban J connectivity index is 1.90. The van der Waals surface area contributed by atoms with Crippen molar-refractivity contribution in [3.63, 3.8) is 0 Å². The van der Waals surface area contributed by atoms with Crippen LogP contribution in [0, 0.1) is 5.41 Å². The highest BCUT2D eigenvalue weighted by Crippen LogP contribution is 2.31. The van der Waals surface area contributed by atoms with E-state index in [0.717, 1.165) is 10.4 Å². The molecule has 0 unspecified atom stereocenters. The molecule has 3 rings (SSSR count). The molecule has 2 heterocycles. The van der Waals surface area contributed by atoms with Crippen molar-refractivity contribution in [2.45, 2.75) is 0 Å². The second-order valence-corrected chi connectivity index (χ2v) is 6.42. The van der Waals surface area contributed by atoms with Gasteiger partial charge in [0.1, 0.15) is 11.5 Å². The van der Waals surface area contributed by atoms with Gasteiger partial charge in [-0.05, 0) is 41.3 Å². The number of nitrogens with zero attached hydrogens (tertiary/aromatic N) is 1. The van der Waals surface area contributed by atoms with E-state index in [1.807, 2.05) is 17.5 Å². The van der Waals surface area contributed by atoms with Gasteiger partial charge in [-0.1, -0.05) is 12.1 Å². The molecule has 0 fully saturated rings. The van der Waals surface area contributed by atoms with Crippen molar-refractivity contribution in [1.82, 2.24) is 4.98 Å². The molecule has 6 N–H and O–H groups in total. The van der Waals surface area contributed by atoms with Crippen LogP contribution in [0.1, 0.15) is 16.1 Å². The van der Waals surface area contributed by atoms with E-state index < -0.39 is 12.0 Å². The van der Waals surface area contributed by atoms with Crippen molar-refractivity contribution in [2.75, 3.05) is 10.6 Å². The van der Waals surface area contributed by atoms with Crippen molar-refractivity contribution in [3.05, 3.63) is 65.3 Å². The molecule has 0 saturated carbocycles. The largest absolute Gasteiger partial charge is 0.465 e. The SMILES string of the molecule is N=C(N)c1ccc(C(=O)Nc2cc(-c3cccs3)ccc2NC(=O)O)cn1. The average Bonchev–Trinajstić information content (AvgIpc) is 3.17. The van der Waals surface area contributed by atoms with Gasteiger partial charge in [-0.2, -0.15) is 0 Å². The minimum absolute atomic E-state index is 0.196. The Hall–Kier alpha value is -3.72. The predicted octanol–water partition coefficient (Wildman–Crippen LogP) is 3.44. The van der Waals surface area contributed by atoms with Gasteiger partial charge in [0.15, 0.2) is 0 Å². The number of carboxylic acid groups (broad SMARTS) is 1. The molecule has 27 heavy (non-hydrogen) atoms. The second kappa shape index (κ2) is 7.67. The van der Waals surface area contributed by atoms with Gasteiger partial charge in [0.2, 0.25) is 0 Å². The number of nitrogen functional groups attached to an aromatic ring is 1. The van der Waals surface area contributed by atoms with Gasteiger partial charge < -0.3 is 16.2 Å². The highest BCUT2D eigenvalue weighted by atomic mass is 32.1. The number of carbonyl (C=O) groups is 2. The molecule has 0 bridgehead atoms. The molecule has 0 aliphatic rings. The quantitative estimate of drug-likeness (QED) is 0.340. The smallest absolute Gasteiger partial charge is 0.409 e. The summed E-state index contributed by atoms with van der Waals surface area (Å²) in [5.41, 5.74) is 7.29. The molecule has 136 valence electrons. The van der Waals surface area contributed by atoms with Crippen LogP contribution in [0.2, 0.25) is 0 Å². The molecule has 2 aromatic heterocycles. The number of aromatic nitrogens is 1. The van der Waals surface area contributed by atoms with E-state index in [1.54, 1.807) is 18.2 Å². The third-order valence-electron chi connectivity index (χ3n) is 3.62. The zero-order chi connectivity index (χ0) is 19.4. The van der Waals surface area contributed by atoms with Gasteiger partial charge in [-0.15, -0.1) is 11.3 Å². The summed E-state index contributed by atoms with van der Waals surface area (Å²) in [5, 5.41) is 23.2. The van der Waals surface area contributed by atoms with Crippen LogP contribution in [0.5, 0.6) is 0 Å². The van der Waals surface area contributed by atoms with Crippen LogP contribution in [-0.2, 0) is 0 Å². The first-order valence-electron chi connectivity index (χ1n) is 7.73. The molecule has 0 saturated heterocycles. The highest BCUT2D eigenvalue weighted by molar-refractivity contribution is 7.13. The lowest BCUT2D eigenvalue weighted by Crippen LogP contribution is -2.17. The fourth-order valence-corrected chi connectivity index (χ4v) is 3.07. The van der Waals surface area contributed by atoms with E-state index in [1.165, 1.54) is 29.7 Å². The standard InChI is InChI=1S/C18H15N5O3S/c19-16(20)13-6-4-11(9-21-13)17(24)22-14-8-10(15-2-1-7-27-15)3-5-12(14)23-18(25)26/h1-9,23H,(H3,19,20)(H,22,24)(H,25,26). The summed E-state index contributed by atoms with van der Waals surface area (Å²) in [4.78, 5) is 28.5. The van der Waals surface area contributed by atoms with Crippen LogP contribution in [0.4, 0.5) is 16.2 Å². The molecular formula is C18H15N5O3S. The lowest BCUT2D eigenvalue weighted by Gasteiger charge is -2.12. The number of nitrogens with one attached hydrogen (secondary N) is 3. The van der Waals surface area contributed by atoms with Crippen LogP contribution >= 0.6 is 11.3 Å². The summed E-state index contributed by atoms with van der Waals surface area (Å²) in [7, 11) is 0. The van der Waals surface area contributed by atoms with Crippen LogP contribution in [0.3, 0.4) is 0 Å². The number of nitrogens with two attached hydrogens (primary N) is 1. The maximum absolute atomic E-state index is 12.5. The van der Waals surface area contributed by atoms with E-state index in [2.05, 4.69) is 15.6 Å². The van der Waals surface area contributed by atoms with E-state index in [-0.39, 0.29) is 22.8 Å². The van der Waals surface area contributed by atoms with Crippen molar-refractivity contribution >= 4 is 40.5 Å². The molecular weight excluding hydrogens is 366 g/mol. The fraction of sp³-hybridized carbons (Fsp3) is 0. The summed E-state index contributed by atoms with van der Waals surface area (Å²) in [5.74, 6) is -0.659. The summed E-state index contributed by atoms with van der Waals surface area (Å²) in [6.45, 7) is 0. The average molecular weight is 381 g/mol. The van der Waals surface area contributed by atoms with Gasteiger partial charge >= 0.3 is 6.09 Å². The zero-order valence-electron chi connectivity index (χ0n) is 13.9. The van der Waals surface area contributed by atoms with E-state index in [0.29, 0.717) is 5.69 Å². The predicted molar refractivity (Wildman–Crippen MR) is 105 cm³/mol. The fourth-order valence-electron chi connectivity index (χ4n) is 2.35. The Kier molecular flexibility index (Phi) is 5.13. The molecule has 2 amide bonds. The van der Waals surface area contributed by atoms with Crippen molar-refractivity contribution in [3.8, 4) is 10.4 Å². The Morgan fingerprint density at radius 2 is 1.93 bits per heavy atom. The molecule has 9 heteroatoms. The number of thiophene rings is 1. The minimum atomic E-state index is -1.23. The van der Waals surface area contributed by atoms with E-state index in [4.69, 9.17) is 16.2 Å². The summed E-state index contributed by atoms with van der Waals surface area (Å²) >= 11 is 1.53. The lowest BCUT2D eigenvalue weighted by molar-refractivity contribution is 0.102. The number of rotatable bonds is 5. The summed E-state index contributed by atoms with van der Waals surface area (Å²) in [6, 6.07) is 11.9. The van der Waals surface area contributed by atoms with Crippen LogP contribution in [0.15, 0.2) is 54.0 Å². The Morgan fingerprint density at radius 3 is 2.52 bits per heavy atom. The van der Waals surface area contributed by atoms with Crippen molar-refractivity contribution in [1.29, 1.82) is 5.41 Å². The van der Waals surface area contributed by atoms with Crippen LogP contribution < -0.4 is 16.4 Å². The van der Waals surface area contributed by atoms with Crippen LogP contribution in [-0.4, -0.2) is 27.9 Å². The molecule has 0 atom stereocenters. The minimum Gasteiger partial charge on any atom is -0.465 e. The number of benzene rings is 1. The maximum Gasteiger partial charge on any atom is 0.409 e. The number of carbonyl (C=O) groups excluding carboxylic acids is 1. The van der Waals surface area contributed by atoms with E-state index >= 15 is 0 Å². The number of hydrogen-bond donors (Lipinski definition) is 5. The molecule has 0 spiro atoms.